The number of hydrogen-bond donors (Lipinski definition) is 3. The molecule has 0 fully saturated rings. The summed E-state index contributed by atoms with van der Waals surface area (Å²) in [7, 11) is 0. The number of allylic oxidation sites excluding steroid dienone is 3. The van der Waals surface area contributed by atoms with Gasteiger partial charge in [-0.25, -0.2) is 0 Å². The number of fused-ring (bicyclic) bond motifs is 1. The molecule has 1 unspecified atom stereocenters. The van der Waals surface area contributed by atoms with Crippen LogP contribution in [0.2, 0.25) is 0 Å². The van der Waals surface area contributed by atoms with Gasteiger partial charge in [-0.05, 0) is 36.5 Å². The van der Waals surface area contributed by atoms with Crippen LogP contribution in [-0.4, -0.2) is 41.6 Å². The van der Waals surface area contributed by atoms with Crippen molar-refractivity contribution in [2.24, 2.45) is 11.7 Å². The van der Waals surface area contributed by atoms with E-state index in [2.05, 4.69) is 18.5 Å². The SMILES string of the molecule is C=C/C=C(/OCC)C(=C)C(C)CC(=O)Nc1sc2c(c1CN)CCN(C(=O)CCO)C2. The molecule has 1 aromatic rings. The number of rotatable bonds is 11. The minimum atomic E-state index is -0.154. The summed E-state index contributed by atoms with van der Waals surface area (Å²) in [6.45, 7) is 13.4. The highest BCUT2D eigenvalue weighted by Crippen LogP contribution is 2.37. The Kier molecular flexibility index (Phi) is 9.48. The quantitative estimate of drug-likeness (QED) is 0.357. The Morgan fingerprint density at radius 3 is 2.81 bits per heavy atom. The zero-order valence-corrected chi connectivity index (χ0v) is 19.2. The zero-order chi connectivity index (χ0) is 23.0. The standard InChI is InChI=1S/C23H33N3O4S/c1-5-7-19(30-6-2)16(4)15(3)12-21(28)25-23-18(13-24)17-8-10-26(14-20(17)31-23)22(29)9-11-27/h5,7,15,27H,1,4,6,8-14,24H2,2-3H3,(H,25,28)/b19-7+. The summed E-state index contributed by atoms with van der Waals surface area (Å²) in [6.07, 6.45) is 4.47. The number of nitrogens with two attached hydrogens (primary N) is 1. The predicted molar refractivity (Wildman–Crippen MR) is 124 cm³/mol. The Morgan fingerprint density at radius 2 is 2.19 bits per heavy atom. The summed E-state index contributed by atoms with van der Waals surface area (Å²) >= 11 is 1.47. The molecule has 0 aromatic carbocycles. The third-order valence-corrected chi connectivity index (χ3v) is 6.45. The van der Waals surface area contributed by atoms with Gasteiger partial charge in [-0.15, -0.1) is 11.3 Å². The monoisotopic (exact) mass is 447 g/mol. The number of carbonyl (C=O) groups is 2. The lowest BCUT2D eigenvalue weighted by Crippen LogP contribution is -2.35. The van der Waals surface area contributed by atoms with Crippen LogP contribution >= 0.6 is 11.3 Å². The van der Waals surface area contributed by atoms with E-state index < -0.39 is 0 Å². The first-order chi connectivity index (χ1) is 14.9. The van der Waals surface area contributed by atoms with E-state index in [1.807, 2.05) is 13.8 Å². The molecule has 31 heavy (non-hydrogen) atoms. The lowest BCUT2D eigenvalue weighted by molar-refractivity contribution is -0.132. The third-order valence-electron chi connectivity index (χ3n) is 5.27. The molecule has 8 heteroatoms. The largest absolute Gasteiger partial charge is 0.494 e. The van der Waals surface area contributed by atoms with Gasteiger partial charge in [0.2, 0.25) is 11.8 Å². The highest BCUT2D eigenvalue weighted by atomic mass is 32.1. The molecule has 1 aliphatic heterocycles. The summed E-state index contributed by atoms with van der Waals surface area (Å²) in [4.78, 5) is 27.7. The van der Waals surface area contributed by atoms with E-state index >= 15 is 0 Å². The van der Waals surface area contributed by atoms with Gasteiger partial charge in [0.1, 0.15) is 5.76 Å². The highest BCUT2D eigenvalue weighted by Gasteiger charge is 2.27. The van der Waals surface area contributed by atoms with E-state index in [1.165, 1.54) is 11.3 Å². The van der Waals surface area contributed by atoms with Gasteiger partial charge >= 0.3 is 0 Å². The van der Waals surface area contributed by atoms with Gasteiger partial charge in [0.15, 0.2) is 0 Å². The van der Waals surface area contributed by atoms with Crippen LogP contribution in [0.5, 0.6) is 0 Å². The normalized spacial score (nSPS) is 14.6. The van der Waals surface area contributed by atoms with Crippen LogP contribution in [0.15, 0.2) is 36.6 Å². The molecule has 7 nitrogen and oxygen atoms in total. The first-order valence-corrected chi connectivity index (χ1v) is 11.3. The summed E-state index contributed by atoms with van der Waals surface area (Å²) in [5.74, 6) is 0.344. The van der Waals surface area contributed by atoms with Crippen molar-refractivity contribution in [1.82, 2.24) is 4.90 Å². The number of thiophene rings is 1. The first-order valence-electron chi connectivity index (χ1n) is 10.5. The maximum atomic E-state index is 12.7. The van der Waals surface area contributed by atoms with Gasteiger partial charge in [0.25, 0.3) is 0 Å². The van der Waals surface area contributed by atoms with E-state index in [0.717, 1.165) is 26.6 Å². The van der Waals surface area contributed by atoms with Crippen molar-refractivity contribution in [2.75, 3.05) is 25.1 Å². The summed E-state index contributed by atoms with van der Waals surface area (Å²) in [5, 5.41) is 12.8. The van der Waals surface area contributed by atoms with Crippen molar-refractivity contribution in [2.45, 2.75) is 46.2 Å². The molecular weight excluding hydrogens is 414 g/mol. The number of amides is 2. The number of aliphatic hydroxyl groups excluding tert-OH is 1. The second-order valence-corrected chi connectivity index (χ2v) is 8.54. The van der Waals surface area contributed by atoms with E-state index in [4.69, 9.17) is 15.6 Å². The number of nitrogens with one attached hydrogen (secondary N) is 1. The van der Waals surface area contributed by atoms with Crippen molar-refractivity contribution >= 4 is 28.2 Å². The Bertz CT molecular complexity index is 859. The molecule has 0 saturated carbocycles. The molecule has 0 bridgehead atoms. The third kappa shape index (κ3) is 6.29. The van der Waals surface area contributed by atoms with Gasteiger partial charge in [0.05, 0.1) is 24.8 Å². The highest BCUT2D eigenvalue weighted by molar-refractivity contribution is 7.16. The molecule has 0 spiro atoms. The predicted octanol–water partition coefficient (Wildman–Crippen LogP) is 3.10. The maximum Gasteiger partial charge on any atom is 0.225 e. The van der Waals surface area contributed by atoms with E-state index in [-0.39, 0.29) is 37.2 Å². The van der Waals surface area contributed by atoms with Gasteiger partial charge in [-0.1, -0.05) is 26.2 Å². The fourth-order valence-corrected chi connectivity index (χ4v) is 4.89. The molecule has 0 aliphatic carbocycles. The average molecular weight is 448 g/mol. The molecule has 2 amide bonds. The Balaban J connectivity index is 2.08. The van der Waals surface area contributed by atoms with Crippen molar-refractivity contribution < 1.29 is 19.4 Å². The van der Waals surface area contributed by atoms with Crippen LogP contribution in [-0.2, 0) is 33.8 Å². The number of nitrogens with zero attached hydrogens (tertiary/aromatic N) is 1. The summed E-state index contributed by atoms with van der Waals surface area (Å²) < 4.78 is 5.60. The first kappa shape index (κ1) is 24.8. The Labute approximate surface area is 188 Å². The van der Waals surface area contributed by atoms with Crippen LogP contribution in [0.25, 0.3) is 0 Å². The van der Waals surface area contributed by atoms with E-state index in [9.17, 15) is 9.59 Å². The molecule has 1 aromatic heterocycles. The fraction of sp³-hybridized carbons (Fsp3) is 0.478. The lowest BCUT2D eigenvalue weighted by Gasteiger charge is -2.27. The molecule has 170 valence electrons. The van der Waals surface area contributed by atoms with Crippen LogP contribution in [0.1, 0.15) is 42.7 Å². The molecule has 1 atom stereocenters. The van der Waals surface area contributed by atoms with Crippen molar-refractivity contribution in [3.8, 4) is 0 Å². The number of anilines is 1. The van der Waals surface area contributed by atoms with Crippen molar-refractivity contribution in [1.29, 1.82) is 0 Å². The molecule has 0 radical (unpaired) electrons. The minimum Gasteiger partial charge on any atom is -0.494 e. The smallest absolute Gasteiger partial charge is 0.225 e. The molecule has 2 heterocycles. The molecular formula is C23H33N3O4S. The second kappa shape index (κ2) is 11.8. The number of carbonyl (C=O) groups excluding carboxylic acids is 2. The van der Waals surface area contributed by atoms with Gasteiger partial charge in [-0.3, -0.25) is 9.59 Å². The maximum absolute atomic E-state index is 12.7. The molecule has 1 aliphatic rings. The minimum absolute atomic E-state index is 0.0635. The van der Waals surface area contributed by atoms with Crippen molar-refractivity contribution in [3.05, 3.63) is 52.6 Å². The van der Waals surface area contributed by atoms with Crippen LogP contribution < -0.4 is 11.1 Å². The van der Waals surface area contributed by atoms with Crippen LogP contribution in [0.3, 0.4) is 0 Å². The van der Waals surface area contributed by atoms with Crippen molar-refractivity contribution in [3.63, 3.8) is 0 Å². The van der Waals surface area contributed by atoms with Crippen LogP contribution in [0.4, 0.5) is 5.00 Å². The number of aliphatic hydroxyl groups is 1. The summed E-state index contributed by atoms with van der Waals surface area (Å²) in [5.41, 5.74) is 8.80. The van der Waals surface area contributed by atoms with E-state index in [0.29, 0.717) is 38.4 Å². The van der Waals surface area contributed by atoms with Gasteiger partial charge < -0.3 is 25.8 Å². The van der Waals surface area contributed by atoms with Gasteiger partial charge in [0, 0.05) is 36.4 Å². The number of hydrogen-bond acceptors (Lipinski definition) is 6. The molecule has 4 N–H and O–H groups in total. The molecule has 2 rings (SSSR count). The second-order valence-electron chi connectivity index (χ2n) is 7.43. The topological polar surface area (TPSA) is 105 Å². The average Bonchev–Trinajstić information content (AvgIpc) is 3.08. The zero-order valence-electron chi connectivity index (χ0n) is 18.4. The van der Waals surface area contributed by atoms with Gasteiger partial charge in [-0.2, -0.15) is 0 Å². The van der Waals surface area contributed by atoms with Crippen LogP contribution in [0, 0.1) is 5.92 Å². The Hall–Kier alpha value is -2.42. The Morgan fingerprint density at radius 1 is 1.45 bits per heavy atom. The van der Waals surface area contributed by atoms with E-state index in [1.54, 1.807) is 17.1 Å². The fourth-order valence-electron chi connectivity index (χ4n) is 3.58. The lowest BCUT2D eigenvalue weighted by atomic mass is 9.96. The summed E-state index contributed by atoms with van der Waals surface area (Å²) in [6, 6.07) is 0. The molecule has 0 saturated heterocycles. The number of ether oxygens (including phenoxy) is 1.